The Bertz CT molecular complexity index is 729. The maximum absolute atomic E-state index is 13.6. The van der Waals surface area contributed by atoms with Gasteiger partial charge in [0.1, 0.15) is 5.82 Å². The van der Waals surface area contributed by atoms with Gasteiger partial charge in [-0.25, -0.2) is 9.18 Å². The highest BCUT2D eigenvalue weighted by Crippen LogP contribution is 2.37. The Hall–Kier alpha value is -2.37. The van der Waals surface area contributed by atoms with Crippen molar-refractivity contribution in [2.45, 2.75) is 32.9 Å². The average molecular weight is 331 g/mol. The summed E-state index contributed by atoms with van der Waals surface area (Å²) >= 11 is 0. The molecule has 3 rings (SSSR count). The van der Waals surface area contributed by atoms with E-state index in [1.54, 1.807) is 24.1 Å². The quantitative estimate of drug-likeness (QED) is 0.926. The molecule has 0 aliphatic carbocycles. The molecule has 2 atom stereocenters. The van der Waals surface area contributed by atoms with Gasteiger partial charge in [-0.1, -0.05) is 26.0 Å². The van der Waals surface area contributed by atoms with Gasteiger partial charge in [-0.2, -0.15) is 0 Å². The van der Waals surface area contributed by atoms with Gasteiger partial charge in [0.25, 0.3) is 5.91 Å². The molecular weight excluding hydrogens is 309 g/mol. The van der Waals surface area contributed by atoms with Crippen LogP contribution in [0.1, 0.15) is 32.4 Å². The van der Waals surface area contributed by atoms with E-state index >= 15 is 0 Å². The predicted molar refractivity (Wildman–Crippen MR) is 88.5 cm³/mol. The molecule has 0 saturated carbocycles. The first-order chi connectivity index (χ1) is 11.3. The lowest BCUT2D eigenvalue weighted by molar-refractivity contribution is -0.128. The number of urea groups is 1. The van der Waals surface area contributed by atoms with Crippen molar-refractivity contribution in [2.75, 3.05) is 13.6 Å². The summed E-state index contributed by atoms with van der Waals surface area (Å²) in [6.45, 7) is 6.54. The van der Waals surface area contributed by atoms with E-state index in [1.165, 1.54) is 17.0 Å². The standard InChI is InChI=1S/C18H22FN3O2/c1-10(2)11(3)22-9-14-15(17(22)23)16(20-18(24)21(14)4)12-6-5-7-13(19)8-12/h5-8,10-11,16H,9H2,1-4H3,(H,20,24). The summed E-state index contributed by atoms with van der Waals surface area (Å²) in [7, 11) is 1.66. The fourth-order valence-corrected chi connectivity index (χ4v) is 3.21. The molecule has 1 N–H and O–H groups in total. The third-order valence-corrected chi connectivity index (χ3v) is 5.03. The zero-order valence-corrected chi connectivity index (χ0v) is 14.3. The molecule has 3 amide bonds. The van der Waals surface area contributed by atoms with Crippen LogP contribution < -0.4 is 5.32 Å². The SMILES string of the molecule is CC(C)C(C)N1CC2=C(C1=O)C(c1cccc(F)c1)NC(=O)N2C. The zero-order chi connectivity index (χ0) is 17.6. The van der Waals surface area contributed by atoms with Crippen molar-refractivity contribution in [3.8, 4) is 0 Å². The minimum atomic E-state index is -0.615. The smallest absolute Gasteiger partial charge is 0.322 e. The lowest BCUT2D eigenvalue weighted by Crippen LogP contribution is -2.45. The zero-order valence-electron chi connectivity index (χ0n) is 14.3. The first-order valence-electron chi connectivity index (χ1n) is 8.15. The molecule has 0 aromatic heterocycles. The Morgan fingerprint density at radius 2 is 1.96 bits per heavy atom. The maximum Gasteiger partial charge on any atom is 0.322 e. The van der Waals surface area contributed by atoms with Gasteiger partial charge in [0.2, 0.25) is 0 Å². The molecule has 24 heavy (non-hydrogen) atoms. The second kappa shape index (κ2) is 5.92. The topological polar surface area (TPSA) is 52.7 Å². The summed E-state index contributed by atoms with van der Waals surface area (Å²) in [5.41, 5.74) is 1.82. The van der Waals surface area contributed by atoms with Crippen LogP contribution in [0, 0.1) is 11.7 Å². The number of nitrogens with zero attached hydrogens (tertiary/aromatic N) is 2. The molecule has 5 nitrogen and oxygen atoms in total. The van der Waals surface area contributed by atoms with E-state index in [-0.39, 0.29) is 23.8 Å². The van der Waals surface area contributed by atoms with Crippen molar-refractivity contribution < 1.29 is 14.0 Å². The normalized spacial score (nSPS) is 22.2. The number of likely N-dealkylation sites (N-methyl/N-ethyl adjacent to an activating group) is 1. The Labute approximate surface area is 141 Å². The summed E-state index contributed by atoms with van der Waals surface area (Å²) in [6, 6.07) is 5.18. The van der Waals surface area contributed by atoms with E-state index in [2.05, 4.69) is 19.2 Å². The molecule has 128 valence electrons. The number of hydrogen-bond donors (Lipinski definition) is 1. The minimum absolute atomic E-state index is 0.0553. The number of benzene rings is 1. The van der Waals surface area contributed by atoms with Gasteiger partial charge in [0.15, 0.2) is 0 Å². The fraction of sp³-hybridized carbons (Fsp3) is 0.444. The highest BCUT2D eigenvalue weighted by molar-refractivity contribution is 6.01. The second-order valence-corrected chi connectivity index (χ2v) is 6.77. The van der Waals surface area contributed by atoms with E-state index in [1.807, 2.05) is 6.92 Å². The van der Waals surface area contributed by atoms with Crippen molar-refractivity contribution in [2.24, 2.45) is 5.92 Å². The highest BCUT2D eigenvalue weighted by Gasteiger charge is 2.44. The summed E-state index contributed by atoms with van der Waals surface area (Å²) in [5.74, 6) is -0.176. The number of hydrogen-bond acceptors (Lipinski definition) is 2. The molecule has 1 aromatic rings. The highest BCUT2D eigenvalue weighted by atomic mass is 19.1. The average Bonchev–Trinajstić information content (AvgIpc) is 2.88. The van der Waals surface area contributed by atoms with Crippen LogP contribution in [0.4, 0.5) is 9.18 Å². The Kier molecular flexibility index (Phi) is 4.07. The van der Waals surface area contributed by atoms with Crippen LogP contribution in [0.3, 0.4) is 0 Å². The lowest BCUT2D eigenvalue weighted by atomic mass is 9.95. The summed E-state index contributed by atoms with van der Waals surface area (Å²) in [4.78, 5) is 28.6. The van der Waals surface area contributed by atoms with Crippen LogP contribution in [0.2, 0.25) is 0 Å². The lowest BCUT2D eigenvalue weighted by Gasteiger charge is -2.31. The van der Waals surface area contributed by atoms with Crippen molar-refractivity contribution in [1.29, 1.82) is 0 Å². The van der Waals surface area contributed by atoms with Gasteiger partial charge in [-0.05, 0) is 30.5 Å². The molecule has 2 aliphatic rings. The number of nitrogens with one attached hydrogen (secondary N) is 1. The predicted octanol–water partition coefficient (Wildman–Crippen LogP) is 2.66. The molecule has 0 fully saturated rings. The van der Waals surface area contributed by atoms with E-state index in [0.717, 1.165) is 0 Å². The van der Waals surface area contributed by atoms with Crippen molar-refractivity contribution in [3.05, 3.63) is 46.9 Å². The summed E-state index contributed by atoms with van der Waals surface area (Å²) < 4.78 is 13.6. The molecule has 0 saturated heterocycles. The van der Waals surface area contributed by atoms with E-state index < -0.39 is 6.04 Å². The third kappa shape index (κ3) is 2.56. The largest absolute Gasteiger partial charge is 0.330 e. The molecule has 2 unspecified atom stereocenters. The minimum Gasteiger partial charge on any atom is -0.330 e. The van der Waals surface area contributed by atoms with E-state index in [4.69, 9.17) is 0 Å². The van der Waals surface area contributed by atoms with Gasteiger partial charge < -0.3 is 10.2 Å². The molecule has 0 bridgehead atoms. The Morgan fingerprint density at radius 1 is 1.25 bits per heavy atom. The molecule has 0 radical (unpaired) electrons. The fourth-order valence-electron chi connectivity index (χ4n) is 3.21. The molecule has 6 heteroatoms. The second-order valence-electron chi connectivity index (χ2n) is 6.77. The summed E-state index contributed by atoms with van der Waals surface area (Å²) in [6.07, 6.45) is 0. The monoisotopic (exact) mass is 331 g/mol. The first kappa shape index (κ1) is 16.5. The van der Waals surface area contributed by atoms with Gasteiger partial charge in [0.05, 0.1) is 23.9 Å². The third-order valence-electron chi connectivity index (χ3n) is 5.03. The maximum atomic E-state index is 13.6. The number of halogens is 1. The molecule has 1 aromatic carbocycles. The number of carbonyl (C=O) groups is 2. The van der Waals surface area contributed by atoms with Gasteiger partial charge >= 0.3 is 6.03 Å². The molecular formula is C18H22FN3O2. The van der Waals surface area contributed by atoms with E-state index in [0.29, 0.717) is 29.3 Å². The van der Waals surface area contributed by atoms with Gasteiger partial charge in [-0.15, -0.1) is 0 Å². The van der Waals surface area contributed by atoms with Crippen molar-refractivity contribution in [3.63, 3.8) is 0 Å². The molecule has 2 heterocycles. The van der Waals surface area contributed by atoms with Crippen LogP contribution in [0.25, 0.3) is 0 Å². The van der Waals surface area contributed by atoms with Crippen molar-refractivity contribution in [1.82, 2.24) is 15.1 Å². The number of rotatable bonds is 3. The van der Waals surface area contributed by atoms with Crippen LogP contribution in [0.15, 0.2) is 35.5 Å². The number of carbonyl (C=O) groups excluding carboxylic acids is 2. The Balaban J connectivity index is 2.03. The molecule has 0 spiro atoms. The van der Waals surface area contributed by atoms with Crippen LogP contribution in [-0.2, 0) is 4.79 Å². The van der Waals surface area contributed by atoms with Gasteiger partial charge in [0, 0.05) is 13.1 Å². The van der Waals surface area contributed by atoms with Crippen LogP contribution in [0.5, 0.6) is 0 Å². The Morgan fingerprint density at radius 3 is 2.58 bits per heavy atom. The van der Waals surface area contributed by atoms with Crippen LogP contribution in [-0.4, -0.2) is 41.4 Å². The molecule has 2 aliphatic heterocycles. The number of amides is 3. The van der Waals surface area contributed by atoms with Crippen LogP contribution >= 0.6 is 0 Å². The van der Waals surface area contributed by atoms with Crippen molar-refractivity contribution >= 4 is 11.9 Å². The van der Waals surface area contributed by atoms with E-state index in [9.17, 15) is 14.0 Å². The van der Waals surface area contributed by atoms with Gasteiger partial charge in [-0.3, -0.25) is 9.69 Å². The first-order valence-corrected chi connectivity index (χ1v) is 8.15. The summed E-state index contributed by atoms with van der Waals surface area (Å²) in [5, 5.41) is 2.82.